The van der Waals surface area contributed by atoms with E-state index in [2.05, 4.69) is 13.8 Å². The second-order valence-corrected chi connectivity index (χ2v) is 16.3. The van der Waals surface area contributed by atoms with Crippen LogP contribution in [0.3, 0.4) is 0 Å². The molecule has 0 aliphatic heterocycles. The largest absolute Gasteiger partial charge is 0.356 e. The molecule has 2 fully saturated rings. The van der Waals surface area contributed by atoms with Crippen LogP contribution in [0.2, 0.25) is 0 Å². The normalized spacial score (nSPS) is 21.4. The van der Waals surface area contributed by atoms with Crippen LogP contribution in [0.4, 0.5) is 26.3 Å². The second-order valence-electron chi connectivity index (χ2n) is 16.3. The minimum absolute atomic E-state index is 0.00268. The Kier molecular flexibility index (Phi) is 14.6. The Morgan fingerprint density at radius 1 is 0.455 bits per heavy atom. The van der Waals surface area contributed by atoms with Crippen molar-refractivity contribution >= 4 is 0 Å². The highest BCUT2D eigenvalue weighted by Gasteiger charge is 2.29. The number of unbranched alkanes of at least 4 members (excludes halogenated alkanes) is 4. The zero-order valence-corrected chi connectivity index (χ0v) is 32.4. The Hall–Kier alpha value is -3.58. The van der Waals surface area contributed by atoms with E-state index in [1.165, 1.54) is 77.0 Å². The van der Waals surface area contributed by atoms with Crippen molar-refractivity contribution < 1.29 is 31.1 Å². The van der Waals surface area contributed by atoms with Crippen LogP contribution in [0, 0.1) is 46.7 Å². The topological polar surface area (TPSA) is 9.23 Å². The van der Waals surface area contributed by atoms with Gasteiger partial charge in [-0.3, -0.25) is 0 Å². The number of benzene rings is 4. The number of halogens is 6. The summed E-state index contributed by atoms with van der Waals surface area (Å²) >= 11 is 0. The van der Waals surface area contributed by atoms with Gasteiger partial charge in [-0.05, 0) is 133 Å². The minimum Gasteiger partial charge on any atom is -0.356 e. The summed E-state index contributed by atoms with van der Waals surface area (Å²) in [4.78, 5) is 0. The molecule has 0 radical (unpaired) electrons. The lowest BCUT2D eigenvalue weighted by Crippen LogP contribution is -2.16. The van der Waals surface area contributed by atoms with Crippen molar-refractivity contribution in [2.45, 2.75) is 141 Å². The van der Waals surface area contributed by atoms with Gasteiger partial charge in [0.1, 0.15) is 12.2 Å². The third-order valence-electron chi connectivity index (χ3n) is 12.4. The lowest BCUT2D eigenvalue weighted by Gasteiger charge is -2.30. The lowest BCUT2D eigenvalue weighted by molar-refractivity contribution is 0.0300. The first-order valence-electron chi connectivity index (χ1n) is 20.8. The van der Waals surface area contributed by atoms with E-state index in [1.807, 2.05) is 48.5 Å². The fourth-order valence-corrected chi connectivity index (χ4v) is 9.11. The van der Waals surface area contributed by atoms with Crippen molar-refractivity contribution in [3.05, 3.63) is 141 Å². The molecule has 6 rings (SSSR count). The van der Waals surface area contributed by atoms with Crippen molar-refractivity contribution in [3.63, 3.8) is 0 Å². The van der Waals surface area contributed by atoms with Gasteiger partial charge >= 0.3 is 0 Å². The van der Waals surface area contributed by atoms with Crippen LogP contribution in [-0.2, 0) is 4.74 Å². The number of rotatable bonds is 16. The quantitative estimate of drug-likeness (QED) is 0.0627. The molecule has 2 aliphatic carbocycles. The second kappa shape index (κ2) is 19.5. The van der Waals surface area contributed by atoms with Gasteiger partial charge in [0, 0.05) is 0 Å². The molecule has 296 valence electrons. The Balaban J connectivity index is 1.29. The highest BCUT2D eigenvalue weighted by molar-refractivity contribution is 5.38. The van der Waals surface area contributed by atoms with E-state index in [0.29, 0.717) is 23.0 Å². The van der Waals surface area contributed by atoms with Gasteiger partial charge < -0.3 is 4.74 Å². The first-order chi connectivity index (χ1) is 26.6. The van der Waals surface area contributed by atoms with Crippen LogP contribution in [0.1, 0.15) is 174 Å². The Bertz CT molecular complexity index is 1630. The van der Waals surface area contributed by atoms with Gasteiger partial charge in [0.05, 0.1) is 0 Å². The van der Waals surface area contributed by atoms with Crippen molar-refractivity contribution in [1.82, 2.24) is 0 Å². The minimum atomic E-state index is -1.60. The Labute approximate surface area is 323 Å². The van der Waals surface area contributed by atoms with E-state index >= 15 is 0 Å². The summed E-state index contributed by atoms with van der Waals surface area (Å²) in [5, 5.41) is 0. The van der Waals surface area contributed by atoms with Gasteiger partial charge in [-0.25, -0.2) is 26.3 Å². The molecule has 2 aliphatic rings. The molecule has 0 heterocycles. The molecule has 2 unspecified atom stereocenters. The van der Waals surface area contributed by atoms with E-state index in [4.69, 9.17) is 4.74 Å². The number of ether oxygens (including phenoxy) is 1. The lowest BCUT2D eigenvalue weighted by atomic mass is 9.77. The number of hydrogen-bond donors (Lipinski definition) is 0. The van der Waals surface area contributed by atoms with E-state index in [-0.39, 0.29) is 11.1 Å². The Morgan fingerprint density at radius 2 is 0.782 bits per heavy atom. The summed E-state index contributed by atoms with van der Waals surface area (Å²) in [6.45, 7) is 4.44. The first kappa shape index (κ1) is 41.1. The van der Waals surface area contributed by atoms with Crippen LogP contribution in [0.25, 0.3) is 0 Å². The highest BCUT2D eigenvalue weighted by atomic mass is 19.2. The third kappa shape index (κ3) is 10.4. The summed E-state index contributed by atoms with van der Waals surface area (Å²) in [6.07, 6.45) is 16.8. The molecule has 1 nitrogen and oxygen atoms in total. The van der Waals surface area contributed by atoms with Crippen molar-refractivity contribution in [1.29, 1.82) is 0 Å². The molecule has 0 amide bonds. The van der Waals surface area contributed by atoms with Crippen LogP contribution in [-0.4, -0.2) is 0 Å². The maximum absolute atomic E-state index is 14.8. The summed E-state index contributed by atoms with van der Waals surface area (Å²) in [6, 6.07) is 19.0. The van der Waals surface area contributed by atoms with Gasteiger partial charge in [-0.1, -0.05) is 114 Å². The standard InChI is InChI=1S/C48H56F6O/c1-3-5-7-9-31-11-15-33(16-12-31)35-19-23-37(24-20-35)47(39-27-41(49)45(53)42(50)28-39)55-48(40-29-43(51)46(54)44(52)30-40)38-25-21-36(22-26-38)34-17-13-32(14-18-34)10-8-6-4-2/h19-34,47-48H,3-18H2,1-2H3. The molecule has 4 aromatic rings. The molecule has 2 saturated carbocycles. The summed E-state index contributed by atoms with van der Waals surface area (Å²) in [5.41, 5.74) is 3.38. The highest BCUT2D eigenvalue weighted by Crippen LogP contribution is 2.42. The van der Waals surface area contributed by atoms with E-state index in [0.717, 1.165) is 72.9 Å². The fourth-order valence-electron chi connectivity index (χ4n) is 9.11. The predicted octanol–water partition coefficient (Wildman–Crippen LogP) is 15.1. The van der Waals surface area contributed by atoms with Crippen LogP contribution in [0.5, 0.6) is 0 Å². The molecule has 2 atom stereocenters. The van der Waals surface area contributed by atoms with Crippen LogP contribution >= 0.6 is 0 Å². The molecule has 0 bridgehead atoms. The molecule has 4 aromatic carbocycles. The molecular weight excluding hydrogens is 707 g/mol. The SMILES string of the molecule is CCCCCC1CCC(c2ccc(C(OC(c3ccc(C4CCC(CCCCC)CC4)cc3)c3cc(F)c(F)c(F)c3)c3cc(F)c(F)c(F)c3)cc2)CC1. The number of hydrogen-bond acceptors (Lipinski definition) is 1. The van der Waals surface area contributed by atoms with Gasteiger partial charge in [0.2, 0.25) is 0 Å². The predicted molar refractivity (Wildman–Crippen MR) is 208 cm³/mol. The third-order valence-corrected chi connectivity index (χ3v) is 12.4. The average Bonchev–Trinajstić information content (AvgIpc) is 3.20. The van der Waals surface area contributed by atoms with Gasteiger partial charge in [-0.2, -0.15) is 0 Å². The van der Waals surface area contributed by atoms with Crippen molar-refractivity contribution in [2.75, 3.05) is 0 Å². The summed E-state index contributed by atoms with van der Waals surface area (Å²) in [7, 11) is 0. The maximum Gasteiger partial charge on any atom is 0.194 e. The smallest absolute Gasteiger partial charge is 0.194 e. The molecule has 0 N–H and O–H groups in total. The summed E-state index contributed by atoms with van der Waals surface area (Å²) < 4.78 is 94.3. The maximum atomic E-state index is 14.8. The molecule has 0 spiro atoms. The first-order valence-corrected chi connectivity index (χ1v) is 20.8. The molecule has 0 saturated heterocycles. The molecule has 55 heavy (non-hydrogen) atoms. The van der Waals surface area contributed by atoms with E-state index in [9.17, 15) is 26.3 Å². The monoisotopic (exact) mass is 762 g/mol. The Morgan fingerprint density at radius 3 is 1.09 bits per heavy atom. The van der Waals surface area contributed by atoms with Crippen molar-refractivity contribution in [3.8, 4) is 0 Å². The van der Waals surface area contributed by atoms with Crippen LogP contribution < -0.4 is 0 Å². The molecule has 0 aromatic heterocycles. The zero-order chi connectivity index (χ0) is 38.9. The van der Waals surface area contributed by atoms with Gasteiger partial charge in [-0.15, -0.1) is 0 Å². The molecular formula is C48H56F6O. The van der Waals surface area contributed by atoms with E-state index in [1.54, 1.807) is 0 Å². The fraction of sp³-hybridized carbons (Fsp3) is 0.500. The van der Waals surface area contributed by atoms with Gasteiger partial charge in [0.15, 0.2) is 34.9 Å². The molecule has 7 heteroatoms. The van der Waals surface area contributed by atoms with Crippen molar-refractivity contribution in [2.24, 2.45) is 11.8 Å². The van der Waals surface area contributed by atoms with Crippen LogP contribution in [0.15, 0.2) is 72.8 Å². The van der Waals surface area contributed by atoms with E-state index < -0.39 is 47.1 Å². The average molecular weight is 763 g/mol. The van der Waals surface area contributed by atoms with Gasteiger partial charge in [0.25, 0.3) is 0 Å². The summed E-state index contributed by atoms with van der Waals surface area (Å²) in [5.74, 6) is -6.43. The zero-order valence-electron chi connectivity index (χ0n) is 32.4.